The van der Waals surface area contributed by atoms with Crippen molar-refractivity contribution in [2.75, 3.05) is 0 Å². The van der Waals surface area contributed by atoms with Crippen LogP contribution in [-0.4, -0.2) is 5.78 Å². The highest BCUT2D eigenvalue weighted by molar-refractivity contribution is 5.75. The third-order valence-electron chi connectivity index (χ3n) is 1.89. The zero-order valence-corrected chi connectivity index (χ0v) is 8.31. The lowest BCUT2D eigenvalue weighted by molar-refractivity contribution is -0.117. The van der Waals surface area contributed by atoms with Gasteiger partial charge < -0.3 is 4.79 Å². The van der Waals surface area contributed by atoms with Gasteiger partial charge in [-0.2, -0.15) is 0 Å². The summed E-state index contributed by atoms with van der Waals surface area (Å²) in [7, 11) is 0. The molecule has 0 aromatic heterocycles. The van der Waals surface area contributed by atoms with E-state index in [1.54, 1.807) is 6.92 Å². The Hall–Kier alpha value is -0.590. The van der Waals surface area contributed by atoms with Crippen LogP contribution in [0.2, 0.25) is 0 Å². The molecule has 0 amide bonds. The minimum absolute atomic E-state index is 0.323. The Morgan fingerprint density at radius 1 is 1.17 bits per heavy atom. The van der Waals surface area contributed by atoms with E-state index in [9.17, 15) is 4.79 Å². The summed E-state index contributed by atoms with van der Waals surface area (Å²) < 4.78 is 0. The van der Waals surface area contributed by atoms with Gasteiger partial charge in [0.15, 0.2) is 0 Å². The predicted molar refractivity (Wildman–Crippen MR) is 53.2 cm³/mol. The Morgan fingerprint density at radius 2 is 1.83 bits per heavy atom. The Morgan fingerprint density at radius 3 is 2.42 bits per heavy atom. The van der Waals surface area contributed by atoms with Crippen molar-refractivity contribution >= 4 is 5.78 Å². The highest BCUT2D eigenvalue weighted by Crippen LogP contribution is 2.05. The van der Waals surface area contributed by atoms with Crippen LogP contribution in [0.25, 0.3) is 0 Å². The number of Topliss-reactive ketones (excluding diaryl/α,β-unsaturated/α-hetero) is 1. The first-order chi connectivity index (χ1) is 5.77. The molecule has 0 rings (SSSR count). The molecule has 0 saturated heterocycles. The number of carbonyl (C=O) groups is 1. The van der Waals surface area contributed by atoms with E-state index < -0.39 is 0 Å². The van der Waals surface area contributed by atoms with Gasteiger partial charge in [-0.05, 0) is 33.1 Å². The molecule has 70 valence electrons. The lowest BCUT2D eigenvalue weighted by Gasteiger charge is -1.96. The van der Waals surface area contributed by atoms with Crippen LogP contribution in [0.15, 0.2) is 12.2 Å². The van der Waals surface area contributed by atoms with E-state index >= 15 is 0 Å². The first-order valence-corrected chi connectivity index (χ1v) is 4.88. The maximum atomic E-state index is 10.6. The van der Waals surface area contributed by atoms with Crippen molar-refractivity contribution in [1.29, 1.82) is 0 Å². The zero-order valence-electron chi connectivity index (χ0n) is 8.31. The van der Waals surface area contributed by atoms with Gasteiger partial charge in [-0.3, -0.25) is 0 Å². The molecule has 0 heterocycles. The third kappa shape index (κ3) is 9.41. The Bertz CT molecular complexity index is 136. The summed E-state index contributed by atoms with van der Waals surface area (Å²) in [5.74, 6) is 0.323. The molecule has 0 aliphatic heterocycles. The summed E-state index contributed by atoms with van der Waals surface area (Å²) in [6.45, 7) is 3.72. The summed E-state index contributed by atoms with van der Waals surface area (Å²) in [4.78, 5) is 10.6. The van der Waals surface area contributed by atoms with Gasteiger partial charge in [0.2, 0.25) is 0 Å². The van der Waals surface area contributed by atoms with Crippen LogP contribution in [0.5, 0.6) is 0 Å². The van der Waals surface area contributed by atoms with E-state index in [1.165, 1.54) is 25.7 Å². The Kier molecular flexibility index (Phi) is 8.09. The fourth-order valence-electron chi connectivity index (χ4n) is 1.16. The molecule has 0 aliphatic rings. The van der Waals surface area contributed by atoms with Crippen LogP contribution < -0.4 is 0 Å². The van der Waals surface area contributed by atoms with Crippen molar-refractivity contribution in [2.45, 2.75) is 52.4 Å². The molecular weight excluding hydrogens is 148 g/mol. The SMILES string of the molecule is C/C=C/CCCCCCC(C)=O. The van der Waals surface area contributed by atoms with E-state index in [0.29, 0.717) is 5.78 Å². The molecule has 0 aromatic carbocycles. The van der Waals surface area contributed by atoms with Gasteiger partial charge in [0, 0.05) is 6.42 Å². The van der Waals surface area contributed by atoms with Gasteiger partial charge in [-0.25, -0.2) is 0 Å². The molecular formula is C11H20O. The molecule has 0 fully saturated rings. The number of rotatable bonds is 7. The maximum Gasteiger partial charge on any atom is 0.129 e. The van der Waals surface area contributed by atoms with Gasteiger partial charge in [0.25, 0.3) is 0 Å². The van der Waals surface area contributed by atoms with Crippen molar-refractivity contribution in [3.8, 4) is 0 Å². The van der Waals surface area contributed by atoms with Crippen LogP contribution >= 0.6 is 0 Å². The van der Waals surface area contributed by atoms with E-state index in [-0.39, 0.29) is 0 Å². The highest BCUT2D eigenvalue weighted by Gasteiger charge is 1.92. The van der Waals surface area contributed by atoms with Crippen molar-refractivity contribution in [2.24, 2.45) is 0 Å². The molecule has 0 radical (unpaired) electrons. The maximum absolute atomic E-state index is 10.6. The average Bonchev–Trinajstić information content (AvgIpc) is 2.02. The second kappa shape index (κ2) is 8.51. The second-order valence-electron chi connectivity index (χ2n) is 3.22. The Labute approximate surface area is 75.9 Å². The molecule has 0 unspecified atom stereocenters. The molecule has 1 heteroatoms. The van der Waals surface area contributed by atoms with Gasteiger partial charge in [-0.15, -0.1) is 0 Å². The summed E-state index contributed by atoms with van der Waals surface area (Å²) in [5, 5.41) is 0. The van der Waals surface area contributed by atoms with Crippen LogP contribution in [0.4, 0.5) is 0 Å². The van der Waals surface area contributed by atoms with Crippen LogP contribution in [0.1, 0.15) is 52.4 Å². The van der Waals surface area contributed by atoms with Crippen molar-refractivity contribution in [1.82, 2.24) is 0 Å². The van der Waals surface area contributed by atoms with Crippen LogP contribution in [0.3, 0.4) is 0 Å². The normalized spacial score (nSPS) is 10.8. The third-order valence-corrected chi connectivity index (χ3v) is 1.89. The molecule has 0 aromatic rings. The lowest BCUT2D eigenvalue weighted by atomic mass is 10.1. The number of hydrogen-bond donors (Lipinski definition) is 0. The number of carbonyl (C=O) groups excluding carboxylic acids is 1. The monoisotopic (exact) mass is 168 g/mol. The highest BCUT2D eigenvalue weighted by atomic mass is 16.1. The predicted octanol–water partition coefficient (Wildman–Crippen LogP) is 3.49. The Balaban J connectivity index is 2.96. The first-order valence-electron chi connectivity index (χ1n) is 4.88. The standard InChI is InChI=1S/C11H20O/c1-3-4-5-6-7-8-9-10-11(2)12/h3-4H,5-10H2,1-2H3/b4-3+. The summed E-state index contributed by atoms with van der Waals surface area (Å²) >= 11 is 0. The van der Waals surface area contributed by atoms with E-state index in [2.05, 4.69) is 19.1 Å². The molecule has 0 spiro atoms. The lowest BCUT2D eigenvalue weighted by Crippen LogP contribution is -1.88. The number of allylic oxidation sites excluding steroid dienone is 2. The second-order valence-corrected chi connectivity index (χ2v) is 3.22. The molecule has 0 atom stereocenters. The summed E-state index contributed by atoms with van der Waals surface area (Å²) in [6, 6.07) is 0. The quantitative estimate of drug-likeness (QED) is 0.420. The van der Waals surface area contributed by atoms with Crippen molar-refractivity contribution < 1.29 is 4.79 Å². The van der Waals surface area contributed by atoms with Crippen LogP contribution in [0, 0.1) is 0 Å². The smallest absolute Gasteiger partial charge is 0.129 e. The van der Waals surface area contributed by atoms with E-state index in [4.69, 9.17) is 0 Å². The fourth-order valence-corrected chi connectivity index (χ4v) is 1.16. The largest absolute Gasteiger partial charge is 0.300 e. The number of hydrogen-bond acceptors (Lipinski definition) is 1. The number of ketones is 1. The fraction of sp³-hybridized carbons (Fsp3) is 0.727. The summed E-state index contributed by atoms with van der Waals surface area (Å²) in [5.41, 5.74) is 0. The van der Waals surface area contributed by atoms with E-state index in [0.717, 1.165) is 12.8 Å². The minimum Gasteiger partial charge on any atom is -0.300 e. The van der Waals surface area contributed by atoms with Crippen molar-refractivity contribution in [3.05, 3.63) is 12.2 Å². The molecule has 0 aliphatic carbocycles. The topological polar surface area (TPSA) is 17.1 Å². The molecule has 0 N–H and O–H groups in total. The molecule has 12 heavy (non-hydrogen) atoms. The summed E-state index contributed by atoms with van der Waals surface area (Å²) in [6.07, 6.45) is 11.1. The van der Waals surface area contributed by atoms with Gasteiger partial charge in [-0.1, -0.05) is 25.0 Å². The molecule has 0 bridgehead atoms. The van der Waals surface area contributed by atoms with E-state index in [1.807, 2.05) is 0 Å². The zero-order chi connectivity index (χ0) is 9.23. The van der Waals surface area contributed by atoms with Gasteiger partial charge >= 0.3 is 0 Å². The van der Waals surface area contributed by atoms with Gasteiger partial charge in [0.1, 0.15) is 5.78 Å². The van der Waals surface area contributed by atoms with Crippen molar-refractivity contribution in [3.63, 3.8) is 0 Å². The van der Waals surface area contributed by atoms with Gasteiger partial charge in [0.05, 0.1) is 0 Å². The number of unbranched alkanes of at least 4 members (excludes halogenated alkanes) is 4. The average molecular weight is 168 g/mol. The van der Waals surface area contributed by atoms with Crippen LogP contribution in [-0.2, 0) is 4.79 Å². The first kappa shape index (κ1) is 11.4. The molecule has 0 saturated carbocycles. The molecule has 1 nitrogen and oxygen atoms in total. The minimum atomic E-state index is 0.323.